The van der Waals surface area contributed by atoms with Crippen LogP contribution in [0.5, 0.6) is 5.75 Å². The number of anilines is 1. The van der Waals surface area contributed by atoms with Crippen LogP contribution in [0, 0.1) is 0 Å². The van der Waals surface area contributed by atoms with Crippen LogP contribution < -0.4 is 9.64 Å². The highest BCUT2D eigenvalue weighted by Gasteiger charge is 2.34. The van der Waals surface area contributed by atoms with Crippen LogP contribution in [0.1, 0.15) is 29.3 Å². The van der Waals surface area contributed by atoms with Gasteiger partial charge in [-0.15, -0.1) is 10.2 Å². The number of ether oxygens (including phenoxy) is 1. The van der Waals surface area contributed by atoms with Crippen molar-refractivity contribution in [3.63, 3.8) is 0 Å². The fraction of sp³-hybridized carbons (Fsp3) is 0.435. The molecule has 1 saturated heterocycles. The van der Waals surface area contributed by atoms with Gasteiger partial charge in [0.25, 0.3) is 0 Å². The van der Waals surface area contributed by atoms with E-state index in [1.54, 1.807) is 19.5 Å². The van der Waals surface area contributed by atoms with Gasteiger partial charge in [0.15, 0.2) is 9.84 Å². The molecule has 0 radical (unpaired) electrons. The van der Waals surface area contributed by atoms with Crippen molar-refractivity contribution in [1.29, 1.82) is 0 Å². The number of aliphatic hydroxyl groups is 1. The van der Waals surface area contributed by atoms with E-state index in [1.165, 1.54) is 0 Å². The predicted octanol–water partition coefficient (Wildman–Crippen LogP) is 1.83. The van der Waals surface area contributed by atoms with E-state index >= 15 is 0 Å². The van der Waals surface area contributed by atoms with Crippen molar-refractivity contribution in [2.24, 2.45) is 0 Å². The second-order valence-electron chi connectivity index (χ2n) is 8.17. The Hall–Kier alpha value is -2.98. The topological polar surface area (TPSA) is 110 Å². The van der Waals surface area contributed by atoms with Crippen LogP contribution in [0.25, 0.3) is 0 Å². The van der Waals surface area contributed by atoms with Crippen LogP contribution in [-0.4, -0.2) is 65.0 Å². The first-order valence-corrected chi connectivity index (χ1v) is 12.8. The largest absolute Gasteiger partial charge is 0.496 e. The van der Waals surface area contributed by atoms with Crippen molar-refractivity contribution in [3.8, 4) is 5.75 Å². The normalized spacial score (nSPS) is 17.2. The number of aromatic nitrogens is 4. The van der Waals surface area contributed by atoms with Gasteiger partial charge in [-0.1, -0.05) is 18.2 Å². The van der Waals surface area contributed by atoms with E-state index in [0.29, 0.717) is 37.8 Å². The zero-order valence-corrected chi connectivity index (χ0v) is 19.5. The van der Waals surface area contributed by atoms with E-state index in [0.717, 1.165) is 23.3 Å². The minimum Gasteiger partial charge on any atom is -0.496 e. The van der Waals surface area contributed by atoms with Crippen LogP contribution >= 0.6 is 0 Å². The predicted molar refractivity (Wildman–Crippen MR) is 125 cm³/mol. The first-order chi connectivity index (χ1) is 16.0. The molecular weight excluding hydrogens is 442 g/mol. The van der Waals surface area contributed by atoms with Crippen LogP contribution in [0.4, 0.5) is 5.95 Å². The van der Waals surface area contributed by atoms with Crippen LogP contribution in [-0.2, 0) is 29.3 Å². The zero-order valence-electron chi connectivity index (χ0n) is 18.7. The molecule has 1 fully saturated rings. The van der Waals surface area contributed by atoms with Gasteiger partial charge in [0, 0.05) is 43.5 Å². The van der Waals surface area contributed by atoms with E-state index in [2.05, 4.69) is 15.2 Å². The first-order valence-electron chi connectivity index (χ1n) is 11.0. The Labute approximate surface area is 194 Å². The summed E-state index contributed by atoms with van der Waals surface area (Å²) in [6.07, 6.45) is 4.78. The van der Waals surface area contributed by atoms with Crippen LogP contribution in [0.2, 0.25) is 0 Å². The summed E-state index contributed by atoms with van der Waals surface area (Å²) in [5.41, 5.74) is 2.08. The molecule has 1 N–H and O–H groups in total. The summed E-state index contributed by atoms with van der Waals surface area (Å²) in [4.78, 5) is 6.04. The molecule has 4 rings (SSSR count). The van der Waals surface area contributed by atoms with Crippen molar-refractivity contribution >= 4 is 15.8 Å². The van der Waals surface area contributed by atoms with Crippen LogP contribution in [0.3, 0.4) is 0 Å². The molecule has 1 aliphatic heterocycles. The number of aliphatic hydroxyl groups excluding tert-OH is 1. The summed E-state index contributed by atoms with van der Waals surface area (Å²) >= 11 is 0. The number of hydrogen-bond donors (Lipinski definition) is 1. The molecule has 1 atom stereocenters. The summed E-state index contributed by atoms with van der Waals surface area (Å²) in [5, 5.41) is 18.7. The highest BCUT2D eigenvalue weighted by atomic mass is 32.2. The van der Waals surface area contributed by atoms with Gasteiger partial charge >= 0.3 is 0 Å². The third-order valence-corrected chi connectivity index (χ3v) is 7.71. The lowest BCUT2D eigenvalue weighted by Crippen LogP contribution is -2.30. The van der Waals surface area contributed by atoms with Crippen molar-refractivity contribution in [1.82, 2.24) is 19.7 Å². The molecule has 0 amide bonds. The molecule has 176 valence electrons. The van der Waals surface area contributed by atoms with Gasteiger partial charge in [0.2, 0.25) is 5.95 Å². The molecular formula is C23H29N5O4S. The fourth-order valence-electron chi connectivity index (χ4n) is 4.26. The number of aryl methyl sites for hydroxylation is 1. The third-order valence-electron chi connectivity index (χ3n) is 5.94. The summed E-state index contributed by atoms with van der Waals surface area (Å²) in [6, 6.07) is 11.7. The molecule has 0 bridgehead atoms. The van der Waals surface area contributed by atoms with E-state index in [1.807, 2.05) is 45.9 Å². The van der Waals surface area contributed by atoms with E-state index in [9.17, 15) is 13.5 Å². The molecule has 0 saturated carbocycles. The number of hydrogen-bond acceptors (Lipinski definition) is 8. The smallest absolute Gasteiger partial charge is 0.227 e. The molecule has 3 heterocycles. The van der Waals surface area contributed by atoms with E-state index in [-0.39, 0.29) is 24.0 Å². The lowest BCUT2D eigenvalue weighted by molar-refractivity contribution is 0.300. The molecule has 1 aliphatic rings. The number of para-hydroxylation sites is 1. The maximum absolute atomic E-state index is 12.1. The summed E-state index contributed by atoms with van der Waals surface area (Å²) in [5.74, 6) is 2.13. The molecule has 10 heteroatoms. The lowest BCUT2D eigenvalue weighted by atomic mass is 10.1. The number of methoxy groups -OCH3 is 1. The summed E-state index contributed by atoms with van der Waals surface area (Å²) < 4.78 is 31.8. The van der Waals surface area contributed by atoms with Gasteiger partial charge in [-0.2, -0.15) is 0 Å². The van der Waals surface area contributed by atoms with Gasteiger partial charge in [-0.25, -0.2) is 8.42 Å². The second kappa shape index (κ2) is 10.3. The average molecular weight is 472 g/mol. The molecule has 1 aromatic carbocycles. The van der Waals surface area contributed by atoms with Crippen molar-refractivity contribution in [2.75, 3.05) is 36.7 Å². The average Bonchev–Trinajstić information content (AvgIpc) is 3.41. The number of rotatable bonds is 10. The van der Waals surface area contributed by atoms with Gasteiger partial charge in [0.1, 0.15) is 11.6 Å². The van der Waals surface area contributed by atoms with E-state index < -0.39 is 9.84 Å². The maximum Gasteiger partial charge on any atom is 0.227 e. The first kappa shape index (κ1) is 23.2. The Kier molecular flexibility index (Phi) is 7.24. The maximum atomic E-state index is 12.1. The number of nitrogens with zero attached hydrogens (tertiary/aromatic N) is 5. The zero-order chi connectivity index (χ0) is 23.3. The number of benzene rings is 1. The van der Waals surface area contributed by atoms with E-state index in [4.69, 9.17) is 4.74 Å². The highest BCUT2D eigenvalue weighted by molar-refractivity contribution is 7.91. The third kappa shape index (κ3) is 5.51. The fourth-order valence-corrected chi connectivity index (χ4v) is 5.99. The van der Waals surface area contributed by atoms with Crippen molar-refractivity contribution in [2.45, 2.75) is 31.8 Å². The Morgan fingerprint density at radius 3 is 2.67 bits per heavy atom. The van der Waals surface area contributed by atoms with Crippen molar-refractivity contribution in [3.05, 3.63) is 65.7 Å². The van der Waals surface area contributed by atoms with Gasteiger partial charge in [-0.05, 0) is 36.6 Å². The number of sulfone groups is 1. The summed E-state index contributed by atoms with van der Waals surface area (Å²) in [7, 11) is -1.44. The summed E-state index contributed by atoms with van der Waals surface area (Å²) in [6.45, 7) is 1.36. The minimum absolute atomic E-state index is 0.0560. The Bertz CT molecular complexity index is 1170. The van der Waals surface area contributed by atoms with Gasteiger partial charge < -0.3 is 14.7 Å². The Morgan fingerprint density at radius 1 is 1.18 bits per heavy atom. The van der Waals surface area contributed by atoms with Gasteiger partial charge in [-0.3, -0.25) is 9.55 Å². The molecule has 2 aromatic heterocycles. The SMILES string of the molecule is COc1ccccc1CN(CCO)c1nnc(C2CCS(=O)(=O)C2)n1CCc1ccncc1. The molecule has 9 nitrogen and oxygen atoms in total. The minimum atomic E-state index is -3.07. The quantitative estimate of drug-likeness (QED) is 0.477. The molecule has 1 unspecified atom stereocenters. The molecule has 0 spiro atoms. The standard InChI is InChI=1S/C23H29N5O4S/c1-32-21-5-3-2-4-19(21)16-27(13-14-29)23-26-25-22(20-9-15-33(30,31)17-20)28(23)12-8-18-6-10-24-11-7-18/h2-7,10-11,20,29H,8-9,12-17H2,1H3. The van der Waals surface area contributed by atoms with Gasteiger partial charge in [0.05, 0.1) is 25.2 Å². The van der Waals surface area contributed by atoms with Crippen LogP contribution in [0.15, 0.2) is 48.8 Å². The molecule has 33 heavy (non-hydrogen) atoms. The highest BCUT2D eigenvalue weighted by Crippen LogP contribution is 2.31. The molecule has 3 aromatic rings. The Morgan fingerprint density at radius 2 is 1.97 bits per heavy atom. The monoisotopic (exact) mass is 471 g/mol. The Balaban J connectivity index is 1.68. The number of pyridine rings is 1. The second-order valence-corrected chi connectivity index (χ2v) is 10.4. The van der Waals surface area contributed by atoms with Crippen molar-refractivity contribution < 1.29 is 18.3 Å². The lowest BCUT2D eigenvalue weighted by Gasteiger charge is -2.25. The molecule has 0 aliphatic carbocycles.